The first kappa shape index (κ1) is 53.6. The number of nitrogens with one attached hydrogen (secondary N) is 7. The molecule has 0 aliphatic carbocycles. The van der Waals surface area contributed by atoms with E-state index < -0.39 is 108 Å². The molecule has 8 atom stereocenters. The van der Waals surface area contributed by atoms with E-state index in [-0.39, 0.29) is 25.2 Å². The van der Waals surface area contributed by atoms with E-state index in [1.807, 2.05) is 98.8 Å². The number of hydrogen-bond acceptors (Lipinski definition) is 8. The highest BCUT2D eigenvalue weighted by molar-refractivity contribution is 5.97. The number of benzene rings is 3. The number of aromatic nitrogens is 1. The Bertz CT molecular complexity index is 2310. The van der Waals surface area contributed by atoms with Crippen LogP contribution < -0.4 is 31.9 Å². The minimum atomic E-state index is -1.49. The van der Waals surface area contributed by atoms with E-state index in [2.05, 4.69) is 36.9 Å². The molecule has 0 unspecified atom stereocenters. The maximum Gasteiger partial charge on any atom is 0.326 e. The second-order valence-electron chi connectivity index (χ2n) is 17.9. The summed E-state index contributed by atoms with van der Waals surface area (Å²) in [6.45, 7) is 12.0. The van der Waals surface area contributed by atoms with Gasteiger partial charge in [-0.2, -0.15) is 0 Å². The monoisotopic (exact) mass is 937 g/mol. The number of para-hydroxylation sites is 1. The molecule has 0 spiro atoms. The van der Waals surface area contributed by atoms with Gasteiger partial charge in [-0.15, -0.1) is 0 Å². The number of hydrogen-bond donors (Lipinski definition) is 9. The molecule has 0 saturated heterocycles. The van der Waals surface area contributed by atoms with Crippen molar-refractivity contribution in [3.63, 3.8) is 0 Å². The van der Waals surface area contributed by atoms with E-state index >= 15 is 0 Å². The van der Waals surface area contributed by atoms with Crippen molar-refractivity contribution in [2.75, 3.05) is 0 Å². The van der Waals surface area contributed by atoms with Crippen LogP contribution in [0.4, 0.5) is 0 Å². The lowest BCUT2D eigenvalue weighted by Gasteiger charge is -2.31. The molecule has 6 amide bonds. The van der Waals surface area contributed by atoms with Crippen molar-refractivity contribution in [2.45, 2.75) is 129 Å². The van der Waals surface area contributed by atoms with Crippen LogP contribution in [-0.4, -0.2) is 98.8 Å². The van der Waals surface area contributed by atoms with Crippen LogP contribution >= 0.6 is 0 Å². The average Bonchev–Trinajstić information content (AvgIpc) is 3.72. The van der Waals surface area contributed by atoms with E-state index in [0.29, 0.717) is 18.4 Å². The van der Waals surface area contributed by atoms with Crippen molar-refractivity contribution in [1.29, 1.82) is 0 Å². The van der Waals surface area contributed by atoms with Gasteiger partial charge in [0.05, 0.1) is 0 Å². The normalized spacial score (nSPS) is 14.8. The Kier molecular flexibility index (Phi) is 20.3. The Hall–Kier alpha value is -7.04. The first-order chi connectivity index (χ1) is 32.3. The standard InChI is InChI=1S/C51H67N7O10/c1-8-30(5)43(48(64)56-40(51(67)68)27-35-28-52-37-23-17-16-22-36(35)37)58-49(65)44(31(6)9-2)57-46(62)38(24-25-41(60)61)54-47(63)39(26-29(3)4)55-50(66)45(53-32(7)59)42(33-18-12-10-13-19-33)34-20-14-11-15-21-34/h10-23,28-31,38-40,42-45,52H,8-9,24-27H2,1-7H3,(H,53,59)(H,54,63)(H,55,66)(H,56,64)(H,57,62)(H,58,65)(H,60,61)(H,67,68)/t30-,31-,38-,39-,40-,43-,44-,45+/m0/s1. The van der Waals surface area contributed by atoms with Crippen LogP contribution in [0.5, 0.6) is 0 Å². The maximum absolute atomic E-state index is 14.4. The molecule has 0 fully saturated rings. The molecule has 0 saturated carbocycles. The third-order valence-electron chi connectivity index (χ3n) is 12.2. The smallest absolute Gasteiger partial charge is 0.326 e. The molecule has 366 valence electrons. The summed E-state index contributed by atoms with van der Waals surface area (Å²) in [4.78, 5) is 111. The van der Waals surface area contributed by atoms with Crippen molar-refractivity contribution in [2.24, 2.45) is 17.8 Å². The zero-order chi connectivity index (χ0) is 50.1. The molecule has 4 aromatic rings. The molecule has 17 heteroatoms. The summed E-state index contributed by atoms with van der Waals surface area (Å²) in [5, 5.41) is 36.9. The van der Waals surface area contributed by atoms with Crippen LogP contribution in [0.15, 0.2) is 91.1 Å². The molecular formula is C51H67N7O10. The number of carboxylic acid groups (broad SMARTS) is 2. The Morgan fingerprint density at radius 2 is 1.03 bits per heavy atom. The number of carboxylic acids is 2. The molecule has 17 nitrogen and oxygen atoms in total. The summed E-state index contributed by atoms with van der Waals surface area (Å²) < 4.78 is 0. The van der Waals surface area contributed by atoms with Crippen LogP contribution in [0.1, 0.15) is 103 Å². The highest BCUT2D eigenvalue weighted by Gasteiger charge is 2.38. The number of carbonyl (C=O) groups is 8. The van der Waals surface area contributed by atoms with E-state index in [1.165, 1.54) is 6.92 Å². The van der Waals surface area contributed by atoms with Crippen LogP contribution in [0.3, 0.4) is 0 Å². The van der Waals surface area contributed by atoms with Gasteiger partial charge in [0.2, 0.25) is 35.4 Å². The number of aromatic amines is 1. The van der Waals surface area contributed by atoms with Gasteiger partial charge in [-0.05, 0) is 53.4 Å². The largest absolute Gasteiger partial charge is 0.481 e. The highest BCUT2D eigenvalue weighted by atomic mass is 16.4. The summed E-state index contributed by atoms with van der Waals surface area (Å²) in [6, 6.07) is 17.8. The number of amides is 6. The van der Waals surface area contributed by atoms with Crippen molar-refractivity contribution in [3.8, 4) is 0 Å². The van der Waals surface area contributed by atoms with Crippen LogP contribution in [-0.2, 0) is 44.8 Å². The molecule has 1 aromatic heterocycles. The Morgan fingerprint density at radius 3 is 1.54 bits per heavy atom. The van der Waals surface area contributed by atoms with Gasteiger partial charge in [-0.25, -0.2) is 4.79 Å². The van der Waals surface area contributed by atoms with Crippen molar-refractivity contribution < 1.29 is 48.6 Å². The molecular weight excluding hydrogens is 871 g/mol. The molecule has 3 aromatic carbocycles. The number of H-pyrrole nitrogens is 1. The van der Waals surface area contributed by atoms with Gasteiger partial charge in [0.1, 0.15) is 36.3 Å². The molecule has 0 radical (unpaired) electrons. The second kappa shape index (κ2) is 25.8. The van der Waals surface area contributed by atoms with E-state index in [9.17, 15) is 48.6 Å². The number of carbonyl (C=O) groups excluding carboxylic acids is 6. The molecule has 0 aliphatic rings. The topological polar surface area (TPSA) is 265 Å². The van der Waals surface area contributed by atoms with Gasteiger partial charge in [-0.3, -0.25) is 33.6 Å². The molecule has 1 heterocycles. The lowest BCUT2D eigenvalue weighted by molar-refractivity contribution is -0.143. The second-order valence-corrected chi connectivity index (χ2v) is 17.9. The molecule has 9 N–H and O–H groups in total. The third-order valence-corrected chi connectivity index (χ3v) is 12.2. The average molecular weight is 938 g/mol. The van der Waals surface area contributed by atoms with E-state index in [0.717, 1.165) is 22.0 Å². The van der Waals surface area contributed by atoms with Crippen LogP contribution in [0.25, 0.3) is 10.9 Å². The Labute approximate surface area is 397 Å². The molecule has 4 rings (SSSR count). The van der Waals surface area contributed by atoms with Gasteiger partial charge >= 0.3 is 11.9 Å². The zero-order valence-corrected chi connectivity index (χ0v) is 39.8. The number of fused-ring (bicyclic) bond motifs is 1. The summed E-state index contributed by atoms with van der Waals surface area (Å²) in [5.41, 5.74) is 2.93. The van der Waals surface area contributed by atoms with Gasteiger partial charge in [0.25, 0.3) is 0 Å². The molecule has 0 bridgehead atoms. The summed E-state index contributed by atoms with van der Waals surface area (Å²) in [5.74, 6) is -8.70. The molecule has 68 heavy (non-hydrogen) atoms. The first-order valence-corrected chi connectivity index (χ1v) is 23.2. The van der Waals surface area contributed by atoms with Gasteiger partial charge < -0.3 is 47.1 Å². The predicted molar refractivity (Wildman–Crippen MR) is 257 cm³/mol. The lowest BCUT2D eigenvalue weighted by atomic mass is 9.84. The van der Waals surface area contributed by atoms with Gasteiger partial charge in [0, 0.05) is 42.8 Å². The van der Waals surface area contributed by atoms with E-state index in [1.54, 1.807) is 33.9 Å². The zero-order valence-electron chi connectivity index (χ0n) is 39.8. The summed E-state index contributed by atoms with van der Waals surface area (Å²) >= 11 is 0. The summed E-state index contributed by atoms with van der Waals surface area (Å²) in [7, 11) is 0. The summed E-state index contributed by atoms with van der Waals surface area (Å²) in [6.07, 6.45) is 1.61. The van der Waals surface area contributed by atoms with E-state index in [4.69, 9.17) is 0 Å². The number of rotatable bonds is 26. The number of aliphatic carboxylic acids is 2. The van der Waals surface area contributed by atoms with Crippen LogP contribution in [0.2, 0.25) is 0 Å². The Balaban J connectivity index is 1.57. The first-order valence-electron chi connectivity index (χ1n) is 23.2. The predicted octanol–water partition coefficient (Wildman–Crippen LogP) is 4.56. The fourth-order valence-corrected chi connectivity index (χ4v) is 8.07. The fourth-order valence-electron chi connectivity index (χ4n) is 8.07. The van der Waals surface area contributed by atoms with Crippen molar-refractivity contribution in [3.05, 3.63) is 108 Å². The minimum absolute atomic E-state index is 0.0409. The highest BCUT2D eigenvalue weighted by Crippen LogP contribution is 2.29. The quantitative estimate of drug-likeness (QED) is 0.0424. The minimum Gasteiger partial charge on any atom is -0.481 e. The Morgan fingerprint density at radius 1 is 0.559 bits per heavy atom. The van der Waals surface area contributed by atoms with Gasteiger partial charge in [0.15, 0.2) is 0 Å². The van der Waals surface area contributed by atoms with Crippen molar-refractivity contribution >= 4 is 58.3 Å². The van der Waals surface area contributed by atoms with Crippen LogP contribution in [0, 0.1) is 17.8 Å². The van der Waals surface area contributed by atoms with Crippen molar-refractivity contribution in [1.82, 2.24) is 36.9 Å². The fraction of sp³-hybridized carbons (Fsp3) is 0.451. The molecule has 0 aliphatic heterocycles. The van der Waals surface area contributed by atoms with Gasteiger partial charge in [-0.1, -0.05) is 133 Å². The SMILES string of the molecule is CC[C@H](C)[C@H](NC(=O)[C@H](CCC(=O)O)NC(=O)[C@H](CC(C)C)NC(=O)[C@H](NC(C)=O)C(c1ccccc1)c1ccccc1)C(=O)N[C@H](C(=O)N[C@@H](Cc1c[nH]c2ccccc12)C(=O)O)[C@@H](C)CC. The third kappa shape index (κ3) is 15.3. The lowest BCUT2D eigenvalue weighted by Crippen LogP contribution is -2.61. The maximum atomic E-state index is 14.4.